The number of nitrogens with one attached hydrogen (secondary N) is 2. The van der Waals surface area contributed by atoms with Crippen molar-refractivity contribution in [1.29, 1.82) is 0 Å². The highest BCUT2D eigenvalue weighted by atomic mass is 16.3. The fourth-order valence-corrected chi connectivity index (χ4v) is 4.65. The fourth-order valence-electron chi connectivity index (χ4n) is 4.65. The standard InChI is InChI=1S/C25H30N6O3/c32-21(16-29-10-7-18-3-1-2-4-19(18)14-29)13-27-24(33)22-17-31-15-20(5-6-23(31)28-22)25(34)30-11-8-26-9-12-30/h1-6,15,17,21,26,32H,7-14,16H2,(H,27,33)/t21-/m0/s1. The Morgan fingerprint density at radius 2 is 1.85 bits per heavy atom. The van der Waals surface area contributed by atoms with Crippen LogP contribution < -0.4 is 10.6 Å². The molecule has 3 aromatic rings. The van der Waals surface area contributed by atoms with Crippen LogP contribution in [0, 0.1) is 0 Å². The number of carbonyl (C=O) groups excluding carboxylic acids is 2. The smallest absolute Gasteiger partial charge is 0.271 e. The van der Waals surface area contributed by atoms with E-state index in [1.807, 2.05) is 11.0 Å². The van der Waals surface area contributed by atoms with Crippen molar-refractivity contribution in [3.63, 3.8) is 0 Å². The largest absolute Gasteiger partial charge is 0.390 e. The van der Waals surface area contributed by atoms with E-state index in [1.54, 1.807) is 28.9 Å². The summed E-state index contributed by atoms with van der Waals surface area (Å²) in [5, 5.41) is 16.5. The van der Waals surface area contributed by atoms with Gasteiger partial charge in [0.25, 0.3) is 11.8 Å². The van der Waals surface area contributed by atoms with Crippen LogP contribution in [0.5, 0.6) is 0 Å². The lowest BCUT2D eigenvalue weighted by molar-refractivity contribution is 0.0735. The zero-order valence-electron chi connectivity index (χ0n) is 19.1. The molecular formula is C25H30N6O3. The molecule has 0 bridgehead atoms. The van der Waals surface area contributed by atoms with Crippen LogP contribution in [0.2, 0.25) is 0 Å². The van der Waals surface area contributed by atoms with Gasteiger partial charge in [0.15, 0.2) is 0 Å². The SMILES string of the molecule is O=C(NC[C@H](O)CN1CCc2ccccc2C1)c1cn2cc(C(=O)N3CCNCC3)ccc2n1. The number of hydrogen-bond acceptors (Lipinski definition) is 6. The lowest BCUT2D eigenvalue weighted by atomic mass is 10.00. The van der Waals surface area contributed by atoms with Crippen LogP contribution in [-0.2, 0) is 13.0 Å². The minimum atomic E-state index is -0.672. The van der Waals surface area contributed by atoms with Gasteiger partial charge < -0.3 is 25.0 Å². The zero-order chi connectivity index (χ0) is 23.5. The summed E-state index contributed by atoms with van der Waals surface area (Å²) in [7, 11) is 0. The predicted octanol–water partition coefficient (Wildman–Crippen LogP) is 0.529. The van der Waals surface area contributed by atoms with Gasteiger partial charge in [-0.25, -0.2) is 4.98 Å². The molecule has 0 aliphatic carbocycles. The maximum absolute atomic E-state index is 12.7. The highest BCUT2D eigenvalue weighted by Crippen LogP contribution is 2.18. The van der Waals surface area contributed by atoms with E-state index in [0.717, 1.165) is 32.6 Å². The summed E-state index contributed by atoms with van der Waals surface area (Å²) >= 11 is 0. The van der Waals surface area contributed by atoms with E-state index < -0.39 is 6.10 Å². The van der Waals surface area contributed by atoms with Crippen molar-refractivity contribution < 1.29 is 14.7 Å². The number of hydrogen-bond donors (Lipinski definition) is 3. The number of carbonyl (C=O) groups is 2. The van der Waals surface area contributed by atoms with Gasteiger partial charge in [-0.15, -0.1) is 0 Å². The quantitative estimate of drug-likeness (QED) is 0.494. The van der Waals surface area contributed by atoms with Gasteiger partial charge in [-0.05, 0) is 29.7 Å². The Bertz CT molecular complexity index is 1190. The first-order valence-electron chi connectivity index (χ1n) is 11.8. The molecule has 4 heterocycles. The van der Waals surface area contributed by atoms with E-state index in [4.69, 9.17) is 0 Å². The van der Waals surface area contributed by atoms with Gasteiger partial charge in [-0.1, -0.05) is 24.3 Å². The average molecular weight is 463 g/mol. The number of amides is 2. The van der Waals surface area contributed by atoms with Crippen LogP contribution in [0.1, 0.15) is 32.0 Å². The molecule has 1 aromatic carbocycles. The second kappa shape index (κ2) is 9.92. The van der Waals surface area contributed by atoms with Crippen molar-refractivity contribution >= 4 is 17.5 Å². The second-order valence-electron chi connectivity index (χ2n) is 8.97. The van der Waals surface area contributed by atoms with Crippen LogP contribution in [0.25, 0.3) is 5.65 Å². The topological polar surface area (TPSA) is 102 Å². The number of aliphatic hydroxyl groups is 1. The number of nitrogens with zero attached hydrogens (tertiary/aromatic N) is 4. The molecule has 0 unspecified atom stereocenters. The first kappa shape index (κ1) is 22.5. The van der Waals surface area contributed by atoms with Gasteiger partial charge >= 0.3 is 0 Å². The highest BCUT2D eigenvalue weighted by Gasteiger charge is 2.21. The summed E-state index contributed by atoms with van der Waals surface area (Å²) in [6.45, 7) is 5.29. The molecular weight excluding hydrogens is 432 g/mol. The maximum Gasteiger partial charge on any atom is 0.271 e. The molecule has 178 valence electrons. The van der Waals surface area contributed by atoms with Crippen LogP contribution in [0.4, 0.5) is 0 Å². The third-order valence-corrected chi connectivity index (χ3v) is 6.51. The molecule has 2 amide bonds. The number of β-amino-alcohol motifs (C(OH)–C–C–N with tert-alkyl or cyclic N) is 1. The van der Waals surface area contributed by atoms with Crippen molar-refractivity contribution in [2.75, 3.05) is 45.8 Å². The van der Waals surface area contributed by atoms with E-state index in [2.05, 4.69) is 38.7 Å². The lowest BCUT2D eigenvalue weighted by Crippen LogP contribution is -2.46. The van der Waals surface area contributed by atoms with Crippen LogP contribution >= 0.6 is 0 Å². The molecule has 0 saturated carbocycles. The van der Waals surface area contributed by atoms with Gasteiger partial charge in [-0.2, -0.15) is 0 Å². The van der Waals surface area contributed by atoms with E-state index >= 15 is 0 Å². The first-order chi connectivity index (χ1) is 16.6. The van der Waals surface area contributed by atoms with Gasteiger partial charge in [0.1, 0.15) is 11.3 Å². The van der Waals surface area contributed by atoms with Crippen LogP contribution in [0.3, 0.4) is 0 Å². The summed E-state index contributed by atoms with van der Waals surface area (Å²) in [6.07, 6.45) is 3.63. The van der Waals surface area contributed by atoms with Gasteiger partial charge in [0.2, 0.25) is 0 Å². The van der Waals surface area contributed by atoms with Crippen LogP contribution in [0.15, 0.2) is 48.8 Å². The second-order valence-corrected chi connectivity index (χ2v) is 8.97. The van der Waals surface area contributed by atoms with Crippen molar-refractivity contribution in [1.82, 2.24) is 29.8 Å². The van der Waals surface area contributed by atoms with Gasteiger partial charge in [-0.3, -0.25) is 14.5 Å². The highest BCUT2D eigenvalue weighted by molar-refractivity contribution is 5.95. The monoisotopic (exact) mass is 462 g/mol. The summed E-state index contributed by atoms with van der Waals surface area (Å²) < 4.78 is 1.70. The third kappa shape index (κ3) is 4.96. The molecule has 5 rings (SSSR count). The Kier molecular flexibility index (Phi) is 6.57. The van der Waals surface area contributed by atoms with E-state index in [0.29, 0.717) is 30.8 Å². The minimum Gasteiger partial charge on any atom is -0.390 e. The molecule has 0 radical (unpaired) electrons. The molecule has 3 N–H and O–H groups in total. The molecule has 2 aromatic heterocycles. The Morgan fingerprint density at radius 1 is 1.06 bits per heavy atom. The van der Waals surface area contributed by atoms with E-state index in [-0.39, 0.29) is 24.1 Å². The maximum atomic E-state index is 12.7. The number of pyridine rings is 1. The number of rotatable bonds is 6. The minimum absolute atomic E-state index is 0.0217. The van der Waals surface area contributed by atoms with Crippen molar-refractivity contribution in [3.8, 4) is 0 Å². The average Bonchev–Trinajstić information content (AvgIpc) is 3.31. The molecule has 9 nitrogen and oxygen atoms in total. The van der Waals surface area contributed by atoms with Crippen molar-refractivity contribution in [2.45, 2.75) is 19.1 Å². The van der Waals surface area contributed by atoms with Crippen molar-refractivity contribution in [2.24, 2.45) is 0 Å². The van der Waals surface area contributed by atoms with Crippen molar-refractivity contribution in [3.05, 3.63) is 71.2 Å². The summed E-state index contributed by atoms with van der Waals surface area (Å²) in [4.78, 5) is 33.8. The third-order valence-electron chi connectivity index (χ3n) is 6.51. The molecule has 1 saturated heterocycles. The number of imidazole rings is 1. The lowest BCUT2D eigenvalue weighted by Gasteiger charge is -2.30. The number of aromatic nitrogens is 2. The Morgan fingerprint density at radius 3 is 2.68 bits per heavy atom. The number of aliphatic hydroxyl groups excluding tert-OH is 1. The van der Waals surface area contributed by atoms with Gasteiger partial charge in [0, 0.05) is 64.8 Å². The Balaban J connectivity index is 1.16. The number of fused-ring (bicyclic) bond motifs is 2. The predicted molar refractivity (Wildman–Crippen MR) is 128 cm³/mol. The van der Waals surface area contributed by atoms with Crippen LogP contribution in [-0.4, -0.2) is 88.0 Å². The van der Waals surface area contributed by atoms with Gasteiger partial charge in [0.05, 0.1) is 11.7 Å². The normalized spacial score (nSPS) is 17.4. The summed E-state index contributed by atoms with van der Waals surface area (Å²) in [5.74, 6) is -0.367. The Hall–Kier alpha value is -3.27. The first-order valence-corrected chi connectivity index (χ1v) is 11.8. The number of piperazine rings is 1. The molecule has 1 fully saturated rings. The molecule has 1 atom stereocenters. The fraction of sp³-hybridized carbons (Fsp3) is 0.400. The molecule has 0 spiro atoms. The number of benzene rings is 1. The van der Waals surface area contributed by atoms with E-state index in [1.165, 1.54) is 11.1 Å². The molecule has 9 heteroatoms. The summed E-state index contributed by atoms with van der Waals surface area (Å²) in [6, 6.07) is 11.9. The zero-order valence-corrected chi connectivity index (χ0v) is 19.1. The molecule has 2 aliphatic rings. The summed E-state index contributed by atoms with van der Waals surface area (Å²) in [5.41, 5.74) is 4.08. The van der Waals surface area contributed by atoms with E-state index in [9.17, 15) is 14.7 Å². The molecule has 2 aliphatic heterocycles. The molecule has 34 heavy (non-hydrogen) atoms. The Labute approximate surface area is 198 Å².